The third kappa shape index (κ3) is 4.18. The molecule has 1 amide bonds. The van der Waals surface area contributed by atoms with Gasteiger partial charge in [0.05, 0.1) is 28.5 Å². The lowest BCUT2D eigenvalue weighted by Crippen LogP contribution is -2.31. The van der Waals surface area contributed by atoms with Crippen LogP contribution in [0.15, 0.2) is 78.9 Å². The predicted octanol–water partition coefficient (Wildman–Crippen LogP) is 4.87. The molecule has 2 heterocycles. The van der Waals surface area contributed by atoms with Crippen molar-refractivity contribution in [1.29, 1.82) is 0 Å². The fraction of sp³-hybridized carbons (Fsp3) is 0.192. The third-order valence-corrected chi connectivity index (χ3v) is 5.54. The van der Waals surface area contributed by atoms with E-state index in [-0.39, 0.29) is 12.0 Å². The van der Waals surface area contributed by atoms with Crippen LogP contribution in [0.5, 0.6) is 0 Å². The van der Waals surface area contributed by atoms with Crippen molar-refractivity contribution in [1.82, 2.24) is 15.3 Å². The summed E-state index contributed by atoms with van der Waals surface area (Å²) in [6.45, 7) is 1.31. The minimum atomic E-state index is -0.118. The Kier molecular flexibility index (Phi) is 5.42. The molecule has 0 bridgehead atoms. The minimum absolute atomic E-state index is 0.113. The van der Waals surface area contributed by atoms with Crippen molar-refractivity contribution >= 4 is 16.9 Å². The van der Waals surface area contributed by atoms with Gasteiger partial charge in [-0.1, -0.05) is 60.7 Å². The lowest BCUT2D eigenvalue weighted by Gasteiger charge is -2.12. The highest BCUT2D eigenvalue weighted by atomic mass is 16.5. The number of carbonyl (C=O) groups is 1. The number of aromatic nitrogens is 2. The first kappa shape index (κ1) is 19.4. The maximum Gasteiger partial charge on any atom is 0.251 e. The quantitative estimate of drug-likeness (QED) is 0.511. The topological polar surface area (TPSA) is 64.1 Å². The molecule has 154 valence electrons. The Hall–Kier alpha value is -3.57. The molecule has 5 heteroatoms. The van der Waals surface area contributed by atoms with Gasteiger partial charge in [-0.2, -0.15) is 0 Å². The van der Waals surface area contributed by atoms with Gasteiger partial charge in [-0.25, -0.2) is 9.97 Å². The Labute approximate surface area is 181 Å². The van der Waals surface area contributed by atoms with E-state index in [2.05, 4.69) is 5.32 Å². The number of rotatable bonds is 5. The fourth-order valence-corrected chi connectivity index (χ4v) is 3.90. The van der Waals surface area contributed by atoms with Crippen LogP contribution in [0.2, 0.25) is 0 Å². The van der Waals surface area contributed by atoms with Crippen molar-refractivity contribution in [2.45, 2.75) is 18.9 Å². The maximum atomic E-state index is 12.7. The zero-order valence-electron chi connectivity index (χ0n) is 17.1. The normalized spacial score (nSPS) is 15.8. The van der Waals surface area contributed by atoms with Gasteiger partial charge in [-0.3, -0.25) is 4.79 Å². The molecule has 1 aromatic heterocycles. The molecule has 3 aromatic carbocycles. The minimum Gasteiger partial charge on any atom is -0.376 e. The summed E-state index contributed by atoms with van der Waals surface area (Å²) in [5, 5.41) is 2.98. The van der Waals surface area contributed by atoms with Gasteiger partial charge in [0.25, 0.3) is 5.91 Å². The second-order valence-corrected chi connectivity index (χ2v) is 7.70. The molecule has 5 nitrogen and oxygen atoms in total. The second kappa shape index (κ2) is 8.66. The number of carbonyl (C=O) groups excluding carboxylic acids is 1. The molecule has 0 unspecified atom stereocenters. The number of hydrogen-bond donors (Lipinski definition) is 1. The first-order valence-electron chi connectivity index (χ1n) is 10.6. The van der Waals surface area contributed by atoms with Crippen LogP contribution in [0.1, 0.15) is 23.2 Å². The summed E-state index contributed by atoms with van der Waals surface area (Å²) >= 11 is 0. The first-order valence-corrected chi connectivity index (χ1v) is 10.6. The maximum absolute atomic E-state index is 12.7. The van der Waals surface area contributed by atoms with E-state index in [1.54, 1.807) is 6.07 Å². The van der Waals surface area contributed by atoms with Crippen molar-refractivity contribution in [3.63, 3.8) is 0 Å². The van der Waals surface area contributed by atoms with Crippen LogP contribution in [0.4, 0.5) is 0 Å². The Morgan fingerprint density at radius 1 is 0.871 bits per heavy atom. The van der Waals surface area contributed by atoms with Gasteiger partial charge in [0.1, 0.15) is 0 Å². The summed E-state index contributed by atoms with van der Waals surface area (Å²) in [7, 11) is 0. The molecule has 0 saturated carbocycles. The monoisotopic (exact) mass is 409 g/mol. The van der Waals surface area contributed by atoms with Crippen LogP contribution in [0.3, 0.4) is 0 Å². The number of hydrogen-bond acceptors (Lipinski definition) is 4. The number of ether oxygens (including phenoxy) is 1. The van der Waals surface area contributed by atoms with Crippen molar-refractivity contribution < 1.29 is 9.53 Å². The molecule has 1 saturated heterocycles. The van der Waals surface area contributed by atoms with Crippen LogP contribution < -0.4 is 5.32 Å². The van der Waals surface area contributed by atoms with Crippen LogP contribution in [-0.4, -0.2) is 35.1 Å². The predicted molar refractivity (Wildman–Crippen MR) is 122 cm³/mol. The third-order valence-electron chi connectivity index (χ3n) is 5.54. The lowest BCUT2D eigenvalue weighted by atomic mass is 10.0. The van der Waals surface area contributed by atoms with E-state index >= 15 is 0 Å². The Bertz CT molecular complexity index is 1200. The van der Waals surface area contributed by atoms with Crippen LogP contribution in [-0.2, 0) is 4.74 Å². The summed E-state index contributed by atoms with van der Waals surface area (Å²) in [5.74, 6) is -0.118. The Morgan fingerprint density at radius 2 is 1.52 bits per heavy atom. The van der Waals surface area contributed by atoms with Gasteiger partial charge < -0.3 is 10.1 Å². The molecule has 1 fully saturated rings. The standard InChI is InChI=1S/C26H23N3O2/c30-26(27-17-21-12-7-15-31-21)20-13-14-22-23(16-20)29-25(19-10-5-2-6-11-19)24(28-22)18-8-3-1-4-9-18/h1-6,8-11,13-14,16,21H,7,12,15,17H2,(H,27,30)/t21-/m0/s1. The molecule has 1 aliphatic heterocycles. The van der Waals surface area contributed by atoms with Gasteiger partial charge >= 0.3 is 0 Å². The molecular weight excluding hydrogens is 386 g/mol. The van der Waals surface area contributed by atoms with Crippen molar-refractivity contribution in [3.05, 3.63) is 84.4 Å². The molecule has 1 atom stereocenters. The molecule has 1 aliphatic rings. The van der Waals surface area contributed by atoms with E-state index in [9.17, 15) is 4.79 Å². The second-order valence-electron chi connectivity index (χ2n) is 7.70. The average Bonchev–Trinajstić information content (AvgIpc) is 3.36. The highest BCUT2D eigenvalue weighted by Gasteiger charge is 2.18. The zero-order chi connectivity index (χ0) is 21.0. The van der Waals surface area contributed by atoms with Crippen molar-refractivity contribution in [3.8, 4) is 22.5 Å². The van der Waals surface area contributed by atoms with Gasteiger partial charge in [-0.15, -0.1) is 0 Å². The summed E-state index contributed by atoms with van der Waals surface area (Å²) in [4.78, 5) is 22.5. The largest absolute Gasteiger partial charge is 0.376 e. The van der Waals surface area contributed by atoms with E-state index in [1.165, 1.54) is 0 Å². The molecule has 0 spiro atoms. The molecular formula is C26H23N3O2. The fourth-order valence-electron chi connectivity index (χ4n) is 3.90. The highest BCUT2D eigenvalue weighted by Crippen LogP contribution is 2.31. The smallest absolute Gasteiger partial charge is 0.251 e. The summed E-state index contributed by atoms with van der Waals surface area (Å²) in [6.07, 6.45) is 2.16. The number of amides is 1. The molecule has 5 rings (SSSR count). The van der Waals surface area contributed by atoms with Crippen LogP contribution in [0.25, 0.3) is 33.5 Å². The number of benzene rings is 3. The van der Waals surface area contributed by atoms with Gasteiger partial charge in [-0.05, 0) is 31.0 Å². The first-order chi connectivity index (χ1) is 15.3. The van der Waals surface area contributed by atoms with Gasteiger partial charge in [0.15, 0.2) is 0 Å². The van der Waals surface area contributed by atoms with E-state index < -0.39 is 0 Å². The summed E-state index contributed by atoms with van der Waals surface area (Å²) < 4.78 is 5.59. The van der Waals surface area contributed by atoms with Crippen molar-refractivity contribution in [2.75, 3.05) is 13.2 Å². The molecule has 1 N–H and O–H groups in total. The lowest BCUT2D eigenvalue weighted by molar-refractivity contribution is 0.0858. The molecule has 0 aliphatic carbocycles. The van der Waals surface area contributed by atoms with Gasteiger partial charge in [0, 0.05) is 29.8 Å². The van der Waals surface area contributed by atoms with Crippen molar-refractivity contribution in [2.24, 2.45) is 0 Å². The van der Waals surface area contributed by atoms with Crippen LogP contribution in [0, 0.1) is 0 Å². The van der Waals surface area contributed by atoms with E-state index in [4.69, 9.17) is 14.7 Å². The number of fused-ring (bicyclic) bond motifs is 1. The van der Waals surface area contributed by atoms with E-state index in [0.717, 1.165) is 47.5 Å². The average molecular weight is 409 g/mol. The summed E-state index contributed by atoms with van der Waals surface area (Å²) in [5.41, 5.74) is 5.66. The van der Waals surface area contributed by atoms with Gasteiger partial charge in [0.2, 0.25) is 0 Å². The number of nitrogens with one attached hydrogen (secondary N) is 1. The highest BCUT2D eigenvalue weighted by molar-refractivity contribution is 5.98. The Balaban J connectivity index is 1.53. The van der Waals surface area contributed by atoms with E-state index in [1.807, 2.05) is 72.8 Å². The summed E-state index contributed by atoms with van der Waals surface area (Å²) in [6, 6.07) is 25.6. The molecule has 4 aromatic rings. The van der Waals surface area contributed by atoms with E-state index in [0.29, 0.717) is 17.6 Å². The Morgan fingerprint density at radius 3 is 2.13 bits per heavy atom. The molecule has 31 heavy (non-hydrogen) atoms. The number of nitrogens with zero attached hydrogens (tertiary/aromatic N) is 2. The zero-order valence-corrected chi connectivity index (χ0v) is 17.1. The van der Waals surface area contributed by atoms with Crippen LogP contribution >= 0.6 is 0 Å². The molecule has 0 radical (unpaired) electrons. The SMILES string of the molecule is O=C(NC[C@@H]1CCCO1)c1ccc2nc(-c3ccccc3)c(-c3ccccc3)nc2c1.